The highest BCUT2D eigenvalue weighted by molar-refractivity contribution is 14.0. The summed E-state index contributed by atoms with van der Waals surface area (Å²) in [5, 5.41) is 8.71. The van der Waals surface area contributed by atoms with Crippen molar-refractivity contribution < 1.29 is 9.53 Å². The molecule has 1 aromatic heterocycles. The van der Waals surface area contributed by atoms with E-state index in [1.165, 1.54) is 10.4 Å². The summed E-state index contributed by atoms with van der Waals surface area (Å²) in [6.07, 6.45) is 1.83. The minimum absolute atomic E-state index is 0. The second-order valence-electron chi connectivity index (χ2n) is 5.67. The molecule has 1 heterocycles. The van der Waals surface area contributed by atoms with Crippen LogP contribution in [0.4, 0.5) is 0 Å². The molecule has 1 aromatic carbocycles. The van der Waals surface area contributed by atoms with Crippen LogP contribution in [0, 0.1) is 0 Å². The molecule has 0 atom stereocenters. The van der Waals surface area contributed by atoms with Gasteiger partial charge in [-0.15, -0.1) is 35.3 Å². The average molecular weight is 502 g/mol. The van der Waals surface area contributed by atoms with Gasteiger partial charge in [0.2, 0.25) is 0 Å². The molecule has 2 aromatic rings. The third-order valence-corrected chi connectivity index (χ3v) is 4.50. The Morgan fingerprint density at radius 2 is 1.96 bits per heavy atom. The molecule has 148 valence electrons. The van der Waals surface area contributed by atoms with Gasteiger partial charge in [-0.05, 0) is 42.5 Å². The predicted octanol–water partition coefficient (Wildman–Crippen LogP) is 2.57. The fraction of sp³-hybridized carbons (Fsp3) is 0.368. The lowest BCUT2D eigenvalue weighted by Crippen LogP contribution is -2.38. The zero-order valence-electron chi connectivity index (χ0n) is 15.4. The number of nitrogens with one attached hydrogen (secondary N) is 2. The monoisotopic (exact) mass is 502 g/mol. The Labute approximate surface area is 181 Å². The number of hydrogen-bond donors (Lipinski definition) is 3. The summed E-state index contributed by atoms with van der Waals surface area (Å²) < 4.78 is 5.25. The summed E-state index contributed by atoms with van der Waals surface area (Å²) >= 11 is 1.76. The normalized spacial score (nSPS) is 10.8. The van der Waals surface area contributed by atoms with E-state index < -0.39 is 5.91 Å². The molecule has 0 unspecified atom stereocenters. The van der Waals surface area contributed by atoms with Crippen LogP contribution in [0.25, 0.3) is 0 Å². The van der Waals surface area contributed by atoms with Crippen molar-refractivity contribution in [3.8, 4) is 5.75 Å². The van der Waals surface area contributed by atoms with Crippen molar-refractivity contribution in [2.75, 3.05) is 26.2 Å². The first-order valence-electron chi connectivity index (χ1n) is 8.72. The maximum atomic E-state index is 10.7. The molecular weight excluding hydrogens is 475 g/mol. The van der Waals surface area contributed by atoms with Crippen LogP contribution in [-0.4, -0.2) is 38.1 Å². The van der Waals surface area contributed by atoms with Crippen LogP contribution in [-0.2, 0) is 17.6 Å². The Hall–Kier alpha value is -1.81. The van der Waals surface area contributed by atoms with Gasteiger partial charge in [0, 0.05) is 30.9 Å². The number of carbonyl (C=O) groups excluding carboxylic acids is 1. The van der Waals surface area contributed by atoms with Gasteiger partial charge < -0.3 is 21.1 Å². The van der Waals surface area contributed by atoms with Gasteiger partial charge >= 0.3 is 0 Å². The van der Waals surface area contributed by atoms with Crippen molar-refractivity contribution >= 4 is 47.2 Å². The highest BCUT2D eigenvalue weighted by atomic mass is 127. The van der Waals surface area contributed by atoms with Gasteiger partial charge in [-0.2, -0.15) is 0 Å². The van der Waals surface area contributed by atoms with Crippen LogP contribution in [0.1, 0.15) is 17.4 Å². The Morgan fingerprint density at radius 3 is 2.59 bits per heavy atom. The van der Waals surface area contributed by atoms with Crippen LogP contribution in [0.2, 0.25) is 0 Å². The van der Waals surface area contributed by atoms with Crippen molar-refractivity contribution in [1.82, 2.24) is 10.6 Å². The standard InChI is InChI=1S/C19H26N4O2S.HI/c1-2-21-19(23-12-10-17-4-3-13-26-17)22-11-9-15-5-7-16(8-6-15)25-14-18(20)24;/h3-8,13H,2,9-12,14H2,1H3,(H2,20,24)(H2,21,22,23);1H. The lowest BCUT2D eigenvalue weighted by molar-refractivity contribution is -0.119. The smallest absolute Gasteiger partial charge is 0.255 e. The number of ether oxygens (including phenoxy) is 1. The number of nitrogens with two attached hydrogens (primary N) is 1. The first-order valence-corrected chi connectivity index (χ1v) is 9.60. The average Bonchev–Trinajstić information content (AvgIpc) is 3.14. The zero-order valence-corrected chi connectivity index (χ0v) is 18.6. The van der Waals surface area contributed by atoms with Gasteiger partial charge in [-0.1, -0.05) is 18.2 Å². The minimum atomic E-state index is -0.479. The van der Waals surface area contributed by atoms with E-state index in [-0.39, 0.29) is 30.6 Å². The highest BCUT2D eigenvalue weighted by Gasteiger charge is 2.01. The number of aliphatic imine (C=N–C) groups is 1. The van der Waals surface area contributed by atoms with Gasteiger partial charge in [0.1, 0.15) is 5.75 Å². The number of halogens is 1. The summed E-state index contributed by atoms with van der Waals surface area (Å²) in [6, 6.07) is 11.9. The molecule has 1 amide bonds. The van der Waals surface area contributed by atoms with Crippen LogP contribution >= 0.6 is 35.3 Å². The Kier molecular flexibility index (Phi) is 11.5. The lowest BCUT2D eigenvalue weighted by atomic mass is 10.1. The van der Waals surface area contributed by atoms with Crippen molar-refractivity contribution in [2.24, 2.45) is 10.7 Å². The van der Waals surface area contributed by atoms with Gasteiger partial charge in [0.25, 0.3) is 5.91 Å². The molecule has 0 bridgehead atoms. The molecule has 0 aliphatic carbocycles. The van der Waals surface area contributed by atoms with Crippen molar-refractivity contribution in [3.05, 3.63) is 52.2 Å². The molecule has 0 spiro atoms. The SMILES string of the molecule is CCNC(=NCCc1cccs1)NCCc1ccc(OCC(N)=O)cc1.I. The van der Waals surface area contributed by atoms with E-state index in [1.807, 2.05) is 24.3 Å². The largest absolute Gasteiger partial charge is 0.484 e. The number of amides is 1. The highest BCUT2D eigenvalue weighted by Crippen LogP contribution is 2.12. The Balaban J connectivity index is 0.00000364. The third-order valence-electron chi connectivity index (χ3n) is 3.56. The molecule has 0 radical (unpaired) electrons. The van der Waals surface area contributed by atoms with Crippen molar-refractivity contribution in [3.63, 3.8) is 0 Å². The summed E-state index contributed by atoms with van der Waals surface area (Å²) in [5.74, 6) is 1.00. The molecule has 0 aliphatic heterocycles. The molecule has 27 heavy (non-hydrogen) atoms. The first-order chi connectivity index (χ1) is 12.7. The quantitative estimate of drug-likeness (QED) is 0.265. The van der Waals surface area contributed by atoms with E-state index >= 15 is 0 Å². The number of guanidine groups is 1. The van der Waals surface area contributed by atoms with Crippen LogP contribution in [0.3, 0.4) is 0 Å². The number of nitrogens with zero attached hydrogens (tertiary/aromatic N) is 1. The van der Waals surface area contributed by atoms with Crippen molar-refractivity contribution in [2.45, 2.75) is 19.8 Å². The minimum Gasteiger partial charge on any atom is -0.484 e. The maximum absolute atomic E-state index is 10.7. The van der Waals surface area contributed by atoms with E-state index in [9.17, 15) is 4.79 Å². The van der Waals surface area contributed by atoms with Crippen molar-refractivity contribution in [1.29, 1.82) is 0 Å². The topological polar surface area (TPSA) is 88.7 Å². The summed E-state index contributed by atoms with van der Waals surface area (Å²) in [6.45, 7) is 4.33. The number of hydrogen-bond acceptors (Lipinski definition) is 4. The molecule has 2 rings (SSSR count). The van der Waals surface area contributed by atoms with Crippen LogP contribution < -0.4 is 21.1 Å². The fourth-order valence-electron chi connectivity index (χ4n) is 2.31. The van der Waals surface area contributed by atoms with Crippen LogP contribution in [0.15, 0.2) is 46.8 Å². The first kappa shape index (κ1) is 23.2. The zero-order chi connectivity index (χ0) is 18.6. The molecule has 8 heteroatoms. The van der Waals surface area contributed by atoms with Crippen LogP contribution in [0.5, 0.6) is 5.75 Å². The lowest BCUT2D eigenvalue weighted by Gasteiger charge is -2.11. The van der Waals surface area contributed by atoms with Gasteiger partial charge in [-0.3, -0.25) is 9.79 Å². The molecule has 0 saturated carbocycles. The second kappa shape index (κ2) is 13.4. The summed E-state index contributed by atoms with van der Waals surface area (Å²) in [5.41, 5.74) is 6.24. The number of benzene rings is 1. The van der Waals surface area contributed by atoms with E-state index in [1.54, 1.807) is 11.3 Å². The van der Waals surface area contributed by atoms with Gasteiger partial charge in [0.15, 0.2) is 12.6 Å². The van der Waals surface area contributed by atoms with E-state index in [4.69, 9.17) is 10.5 Å². The predicted molar refractivity (Wildman–Crippen MR) is 122 cm³/mol. The Bertz CT molecular complexity index is 690. The van der Waals surface area contributed by atoms with E-state index in [2.05, 4.69) is 40.1 Å². The molecular formula is C19H27IN4O2S. The second-order valence-corrected chi connectivity index (χ2v) is 6.70. The number of thiophene rings is 1. The molecule has 0 aliphatic rings. The van der Waals surface area contributed by atoms with Gasteiger partial charge in [0.05, 0.1) is 0 Å². The number of carbonyl (C=O) groups is 1. The van der Waals surface area contributed by atoms with E-state index in [0.717, 1.165) is 38.4 Å². The molecule has 0 fully saturated rings. The number of rotatable bonds is 10. The van der Waals surface area contributed by atoms with E-state index in [0.29, 0.717) is 5.75 Å². The number of primary amides is 1. The fourth-order valence-corrected chi connectivity index (χ4v) is 3.00. The third kappa shape index (κ3) is 9.62. The molecule has 6 nitrogen and oxygen atoms in total. The molecule has 0 saturated heterocycles. The summed E-state index contributed by atoms with van der Waals surface area (Å²) in [7, 11) is 0. The molecule has 4 N–H and O–H groups in total. The van der Waals surface area contributed by atoms with Gasteiger partial charge in [-0.25, -0.2) is 0 Å². The summed E-state index contributed by atoms with van der Waals surface area (Å²) in [4.78, 5) is 16.7. The maximum Gasteiger partial charge on any atom is 0.255 e. The Morgan fingerprint density at radius 1 is 1.19 bits per heavy atom.